The van der Waals surface area contributed by atoms with Gasteiger partial charge in [-0.25, -0.2) is 0 Å². The topological polar surface area (TPSA) is 43.8 Å². The molecule has 1 heterocycles. The molecule has 1 aromatic heterocycles. The standard InChI is InChI=1S/C18H25N3/c1-13-7-10-15(11-8-13)17-16(20-21(2)18(17)19)12-9-14-5-3-4-6-14/h7-8,10-11,14H,3-6,9,12,19H2,1-2H3. The van der Waals surface area contributed by atoms with E-state index in [0.717, 1.165) is 29.4 Å². The van der Waals surface area contributed by atoms with Crippen molar-refractivity contribution in [2.24, 2.45) is 13.0 Å². The molecule has 3 rings (SSSR count). The van der Waals surface area contributed by atoms with Crippen LogP contribution < -0.4 is 5.73 Å². The van der Waals surface area contributed by atoms with Gasteiger partial charge in [-0.15, -0.1) is 0 Å². The second kappa shape index (κ2) is 5.92. The van der Waals surface area contributed by atoms with Crippen molar-refractivity contribution in [2.45, 2.75) is 45.4 Å². The average Bonchev–Trinajstić information content (AvgIpc) is 3.08. The summed E-state index contributed by atoms with van der Waals surface area (Å²) in [6.07, 6.45) is 7.87. The Hall–Kier alpha value is -1.77. The van der Waals surface area contributed by atoms with Crippen molar-refractivity contribution < 1.29 is 0 Å². The van der Waals surface area contributed by atoms with Gasteiger partial charge < -0.3 is 5.73 Å². The fourth-order valence-corrected chi connectivity index (χ4v) is 3.44. The average molecular weight is 283 g/mol. The Morgan fingerprint density at radius 3 is 2.52 bits per heavy atom. The molecule has 112 valence electrons. The van der Waals surface area contributed by atoms with Gasteiger partial charge in [0, 0.05) is 12.6 Å². The van der Waals surface area contributed by atoms with Crippen LogP contribution in [0.2, 0.25) is 0 Å². The van der Waals surface area contributed by atoms with E-state index in [9.17, 15) is 0 Å². The number of aryl methyl sites for hydroxylation is 3. The number of hydrogen-bond acceptors (Lipinski definition) is 2. The normalized spacial score (nSPS) is 15.7. The minimum absolute atomic E-state index is 0.778. The van der Waals surface area contributed by atoms with E-state index in [1.807, 2.05) is 11.7 Å². The molecule has 1 aromatic carbocycles. The molecule has 0 atom stereocenters. The highest BCUT2D eigenvalue weighted by molar-refractivity contribution is 5.76. The van der Waals surface area contributed by atoms with Gasteiger partial charge in [-0.1, -0.05) is 55.5 Å². The first-order valence-electron chi connectivity index (χ1n) is 8.03. The lowest BCUT2D eigenvalue weighted by molar-refractivity contribution is 0.499. The van der Waals surface area contributed by atoms with Crippen molar-refractivity contribution in [3.8, 4) is 11.1 Å². The fourth-order valence-electron chi connectivity index (χ4n) is 3.44. The molecule has 3 heteroatoms. The number of nitrogen functional groups attached to an aromatic ring is 1. The summed E-state index contributed by atoms with van der Waals surface area (Å²) in [7, 11) is 1.94. The van der Waals surface area contributed by atoms with Crippen LogP contribution in [0.5, 0.6) is 0 Å². The quantitative estimate of drug-likeness (QED) is 0.918. The van der Waals surface area contributed by atoms with Crippen molar-refractivity contribution in [1.82, 2.24) is 9.78 Å². The van der Waals surface area contributed by atoms with Gasteiger partial charge in [-0.3, -0.25) is 4.68 Å². The third-order valence-electron chi connectivity index (χ3n) is 4.77. The van der Waals surface area contributed by atoms with Gasteiger partial charge in [0.2, 0.25) is 0 Å². The first kappa shape index (κ1) is 14.2. The van der Waals surface area contributed by atoms with Gasteiger partial charge in [-0.05, 0) is 31.2 Å². The molecule has 21 heavy (non-hydrogen) atoms. The van der Waals surface area contributed by atoms with Crippen molar-refractivity contribution >= 4 is 5.82 Å². The monoisotopic (exact) mass is 283 g/mol. The first-order chi connectivity index (χ1) is 10.1. The minimum Gasteiger partial charge on any atom is -0.383 e. The summed E-state index contributed by atoms with van der Waals surface area (Å²) in [5, 5.41) is 4.66. The summed E-state index contributed by atoms with van der Waals surface area (Å²) in [4.78, 5) is 0. The third kappa shape index (κ3) is 2.97. The summed E-state index contributed by atoms with van der Waals surface area (Å²) in [5.41, 5.74) is 11.0. The predicted octanol–water partition coefficient (Wildman–Crippen LogP) is 4.10. The molecule has 0 unspecified atom stereocenters. The summed E-state index contributed by atoms with van der Waals surface area (Å²) >= 11 is 0. The second-order valence-corrected chi connectivity index (χ2v) is 6.39. The molecule has 3 nitrogen and oxygen atoms in total. The molecule has 1 aliphatic carbocycles. The van der Waals surface area contributed by atoms with Crippen molar-refractivity contribution in [1.29, 1.82) is 0 Å². The molecule has 1 fully saturated rings. The molecular formula is C18H25N3. The second-order valence-electron chi connectivity index (χ2n) is 6.39. The predicted molar refractivity (Wildman–Crippen MR) is 88.1 cm³/mol. The van der Waals surface area contributed by atoms with Crippen LogP contribution in [0.3, 0.4) is 0 Å². The lowest BCUT2D eigenvalue weighted by Crippen LogP contribution is -1.99. The summed E-state index contributed by atoms with van der Waals surface area (Å²) < 4.78 is 1.82. The first-order valence-corrected chi connectivity index (χ1v) is 8.03. The molecule has 0 saturated heterocycles. The van der Waals surface area contributed by atoms with Crippen LogP contribution in [0.1, 0.15) is 43.4 Å². The van der Waals surface area contributed by atoms with E-state index in [1.54, 1.807) is 0 Å². The maximum atomic E-state index is 6.26. The highest BCUT2D eigenvalue weighted by Crippen LogP contribution is 2.33. The van der Waals surface area contributed by atoms with Gasteiger partial charge in [0.05, 0.1) is 5.69 Å². The van der Waals surface area contributed by atoms with E-state index in [2.05, 4.69) is 36.3 Å². The molecule has 1 aliphatic rings. The van der Waals surface area contributed by atoms with Gasteiger partial charge in [0.25, 0.3) is 0 Å². The molecule has 0 radical (unpaired) electrons. The summed E-state index contributed by atoms with van der Waals surface area (Å²) in [6, 6.07) is 8.59. The zero-order valence-corrected chi connectivity index (χ0v) is 13.1. The number of anilines is 1. The zero-order valence-electron chi connectivity index (χ0n) is 13.1. The lowest BCUT2D eigenvalue weighted by atomic mass is 9.96. The van der Waals surface area contributed by atoms with Gasteiger partial charge in [0.15, 0.2) is 0 Å². The molecule has 0 bridgehead atoms. The largest absolute Gasteiger partial charge is 0.383 e. The van der Waals surface area contributed by atoms with E-state index in [4.69, 9.17) is 5.73 Å². The number of benzene rings is 1. The Morgan fingerprint density at radius 2 is 1.86 bits per heavy atom. The highest BCUT2D eigenvalue weighted by Gasteiger charge is 2.19. The van der Waals surface area contributed by atoms with Gasteiger partial charge in [0.1, 0.15) is 5.82 Å². The molecule has 0 spiro atoms. The van der Waals surface area contributed by atoms with Crippen LogP contribution >= 0.6 is 0 Å². The lowest BCUT2D eigenvalue weighted by Gasteiger charge is -2.09. The molecule has 2 N–H and O–H groups in total. The van der Waals surface area contributed by atoms with E-state index in [1.165, 1.54) is 43.2 Å². The number of aromatic nitrogens is 2. The smallest absolute Gasteiger partial charge is 0.129 e. The maximum Gasteiger partial charge on any atom is 0.129 e. The van der Waals surface area contributed by atoms with Crippen LogP contribution in [-0.2, 0) is 13.5 Å². The summed E-state index contributed by atoms with van der Waals surface area (Å²) in [6.45, 7) is 2.11. The van der Waals surface area contributed by atoms with Crippen LogP contribution in [0.15, 0.2) is 24.3 Å². The number of hydrogen-bond donors (Lipinski definition) is 1. The Balaban J connectivity index is 1.86. The van der Waals surface area contributed by atoms with Crippen LogP contribution in [0.25, 0.3) is 11.1 Å². The van der Waals surface area contributed by atoms with E-state index in [-0.39, 0.29) is 0 Å². The number of nitrogens with two attached hydrogens (primary N) is 1. The van der Waals surface area contributed by atoms with E-state index < -0.39 is 0 Å². The Morgan fingerprint density at radius 1 is 1.19 bits per heavy atom. The Labute approximate surface area is 127 Å². The van der Waals surface area contributed by atoms with Crippen LogP contribution in [-0.4, -0.2) is 9.78 Å². The van der Waals surface area contributed by atoms with Gasteiger partial charge in [-0.2, -0.15) is 5.10 Å². The summed E-state index contributed by atoms with van der Waals surface area (Å²) in [5.74, 6) is 1.67. The van der Waals surface area contributed by atoms with Gasteiger partial charge >= 0.3 is 0 Å². The maximum absolute atomic E-state index is 6.26. The van der Waals surface area contributed by atoms with Crippen molar-refractivity contribution in [2.75, 3.05) is 5.73 Å². The molecule has 0 aliphatic heterocycles. The zero-order chi connectivity index (χ0) is 14.8. The Bertz CT molecular complexity index is 604. The molecular weight excluding hydrogens is 258 g/mol. The molecule has 1 saturated carbocycles. The molecule has 2 aromatic rings. The van der Waals surface area contributed by atoms with Crippen LogP contribution in [0.4, 0.5) is 5.82 Å². The van der Waals surface area contributed by atoms with Crippen LogP contribution in [0, 0.1) is 12.8 Å². The number of rotatable bonds is 4. The molecule has 0 amide bonds. The minimum atomic E-state index is 0.778. The number of nitrogens with zero attached hydrogens (tertiary/aromatic N) is 2. The van der Waals surface area contributed by atoms with E-state index >= 15 is 0 Å². The van der Waals surface area contributed by atoms with E-state index in [0.29, 0.717) is 0 Å². The Kier molecular flexibility index (Phi) is 4.00. The third-order valence-corrected chi connectivity index (χ3v) is 4.77. The van der Waals surface area contributed by atoms with Crippen molar-refractivity contribution in [3.63, 3.8) is 0 Å². The highest BCUT2D eigenvalue weighted by atomic mass is 15.3. The fraction of sp³-hybridized carbons (Fsp3) is 0.500. The van der Waals surface area contributed by atoms with Crippen molar-refractivity contribution in [3.05, 3.63) is 35.5 Å². The SMILES string of the molecule is Cc1ccc(-c2c(CCC3CCCC3)nn(C)c2N)cc1.